The molecule has 4 rings (SSSR count). The average molecular weight is 426 g/mol. The molecule has 3 aromatic rings. The quantitative estimate of drug-likeness (QED) is 0.565. The summed E-state index contributed by atoms with van der Waals surface area (Å²) in [6.07, 6.45) is 2.40. The van der Waals surface area contributed by atoms with Gasteiger partial charge in [0.05, 0.1) is 30.0 Å². The molecule has 1 N–H and O–H groups in total. The molecule has 0 bridgehead atoms. The molecule has 30 heavy (non-hydrogen) atoms. The largest absolute Gasteiger partial charge is 0.497 e. The van der Waals surface area contributed by atoms with Gasteiger partial charge in [0.1, 0.15) is 17.4 Å². The molecule has 2 heterocycles. The summed E-state index contributed by atoms with van der Waals surface area (Å²) in [7, 11) is 1.67. The van der Waals surface area contributed by atoms with Crippen molar-refractivity contribution >= 4 is 27.5 Å². The van der Waals surface area contributed by atoms with Crippen molar-refractivity contribution in [2.75, 3.05) is 33.4 Å². The average Bonchev–Trinajstić information content (AvgIpc) is 3.44. The van der Waals surface area contributed by atoms with Crippen molar-refractivity contribution in [2.24, 2.45) is 0 Å². The van der Waals surface area contributed by atoms with Crippen LogP contribution in [0.25, 0.3) is 10.2 Å². The third-order valence-electron chi connectivity index (χ3n) is 5.37. The Balaban J connectivity index is 1.29. The molecule has 1 aliphatic heterocycles. The number of thiazole rings is 1. The number of nitrogens with zero attached hydrogens (tertiary/aromatic N) is 2. The van der Waals surface area contributed by atoms with E-state index in [1.165, 1.54) is 18.4 Å². The predicted molar refractivity (Wildman–Crippen MR) is 119 cm³/mol. The fourth-order valence-corrected chi connectivity index (χ4v) is 4.72. The number of fused-ring (bicyclic) bond motifs is 1. The molecule has 1 aliphatic rings. The van der Waals surface area contributed by atoms with E-state index in [0.29, 0.717) is 13.2 Å². The van der Waals surface area contributed by atoms with Crippen LogP contribution in [0.2, 0.25) is 0 Å². The van der Waals surface area contributed by atoms with E-state index in [9.17, 15) is 4.79 Å². The molecule has 0 radical (unpaired) electrons. The Bertz CT molecular complexity index is 934. The van der Waals surface area contributed by atoms with Gasteiger partial charge in [0, 0.05) is 6.54 Å². The van der Waals surface area contributed by atoms with Crippen molar-refractivity contribution < 1.29 is 14.3 Å². The Labute approximate surface area is 180 Å². The Morgan fingerprint density at radius 2 is 1.93 bits per heavy atom. The Hall–Kier alpha value is -2.48. The highest BCUT2D eigenvalue weighted by atomic mass is 32.1. The number of methoxy groups -OCH3 is 1. The topological polar surface area (TPSA) is 63.7 Å². The lowest BCUT2D eigenvalue weighted by molar-refractivity contribution is -0.126. The molecule has 1 aromatic heterocycles. The van der Waals surface area contributed by atoms with Crippen molar-refractivity contribution in [3.63, 3.8) is 0 Å². The van der Waals surface area contributed by atoms with Crippen LogP contribution < -0.4 is 10.1 Å². The summed E-state index contributed by atoms with van der Waals surface area (Å²) in [6, 6.07) is 16.3. The van der Waals surface area contributed by atoms with E-state index in [1.54, 1.807) is 18.4 Å². The van der Waals surface area contributed by atoms with Gasteiger partial charge in [-0.25, -0.2) is 4.98 Å². The Morgan fingerprint density at radius 1 is 1.17 bits per heavy atom. The van der Waals surface area contributed by atoms with Gasteiger partial charge < -0.3 is 14.8 Å². The first-order chi connectivity index (χ1) is 14.7. The first kappa shape index (κ1) is 20.8. The number of nitrogens with one attached hydrogen (secondary N) is 1. The number of carbonyl (C=O) groups is 1. The van der Waals surface area contributed by atoms with Gasteiger partial charge in [0.2, 0.25) is 5.91 Å². The zero-order valence-electron chi connectivity index (χ0n) is 17.2. The lowest BCUT2D eigenvalue weighted by atomic mass is 10.1. The molecule has 0 spiro atoms. The highest BCUT2D eigenvalue weighted by molar-refractivity contribution is 7.18. The number of carbonyl (C=O) groups excluding carboxylic acids is 1. The van der Waals surface area contributed by atoms with Crippen LogP contribution in [0.15, 0.2) is 48.5 Å². The SMILES string of the molecule is COc1ccc(C(CNC(=O)COCc2nc3ccccc3s2)N2CCCC2)cc1. The highest BCUT2D eigenvalue weighted by Crippen LogP contribution is 2.26. The van der Waals surface area contributed by atoms with E-state index in [4.69, 9.17) is 9.47 Å². The van der Waals surface area contributed by atoms with Crippen LogP contribution in [0, 0.1) is 0 Å². The van der Waals surface area contributed by atoms with Crippen LogP contribution in [0.5, 0.6) is 5.75 Å². The monoisotopic (exact) mass is 425 g/mol. The number of aromatic nitrogens is 1. The van der Waals surface area contributed by atoms with Crippen LogP contribution in [-0.2, 0) is 16.1 Å². The second-order valence-corrected chi connectivity index (χ2v) is 8.52. The minimum atomic E-state index is -0.103. The normalized spacial score (nSPS) is 15.4. The van der Waals surface area contributed by atoms with Crippen molar-refractivity contribution in [1.29, 1.82) is 0 Å². The first-order valence-corrected chi connectivity index (χ1v) is 11.1. The van der Waals surface area contributed by atoms with Crippen molar-refractivity contribution in [2.45, 2.75) is 25.5 Å². The Kier molecular flexibility index (Phi) is 6.94. The van der Waals surface area contributed by atoms with E-state index in [0.717, 1.165) is 34.1 Å². The van der Waals surface area contributed by atoms with Gasteiger partial charge >= 0.3 is 0 Å². The van der Waals surface area contributed by atoms with E-state index in [2.05, 4.69) is 27.3 Å². The molecule has 0 saturated carbocycles. The van der Waals surface area contributed by atoms with Gasteiger partial charge in [-0.2, -0.15) is 0 Å². The van der Waals surface area contributed by atoms with E-state index in [-0.39, 0.29) is 18.6 Å². The van der Waals surface area contributed by atoms with Crippen LogP contribution in [-0.4, -0.2) is 49.1 Å². The fourth-order valence-electron chi connectivity index (χ4n) is 3.81. The summed E-state index contributed by atoms with van der Waals surface area (Å²) in [5.41, 5.74) is 2.16. The highest BCUT2D eigenvalue weighted by Gasteiger charge is 2.24. The maximum Gasteiger partial charge on any atom is 0.246 e. The maximum atomic E-state index is 12.4. The van der Waals surface area contributed by atoms with Gasteiger partial charge in [-0.1, -0.05) is 24.3 Å². The summed E-state index contributed by atoms with van der Waals surface area (Å²) < 4.78 is 12.0. The van der Waals surface area contributed by atoms with Gasteiger partial charge in [-0.05, 0) is 55.8 Å². The smallest absolute Gasteiger partial charge is 0.246 e. The summed E-state index contributed by atoms with van der Waals surface area (Å²) >= 11 is 1.60. The molecule has 1 unspecified atom stereocenters. The minimum Gasteiger partial charge on any atom is -0.497 e. The van der Waals surface area contributed by atoms with Gasteiger partial charge in [0.15, 0.2) is 0 Å². The zero-order valence-corrected chi connectivity index (χ0v) is 18.0. The number of para-hydroxylation sites is 1. The molecular weight excluding hydrogens is 398 g/mol. The minimum absolute atomic E-state index is 0.0330. The molecule has 1 fully saturated rings. The van der Waals surface area contributed by atoms with Crippen molar-refractivity contribution in [1.82, 2.24) is 15.2 Å². The second kappa shape index (κ2) is 10.0. The molecule has 0 aliphatic carbocycles. The third kappa shape index (κ3) is 5.16. The second-order valence-electron chi connectivity index (χ2n) is 7.40. The summed E-state index contributed by atoms with van der Waals surface area (Å²) in [5.74, 6) is 0.736. The molecule has 1 atom stereocenters. The third-order valence-corrected chi connectivity index (χ3v) is 6.38. The molecule has 2 aromatic carbocycles. The fraction of sp³-hybridized carbons (Fsp3) is 0.391. The number of ether oxygens (including phenoxy) is 2. The van der Waals surface area contributed by atoms with Gasteiger partial charge in [-0.15, -0.1) is 11.3 Å². The lowest BCUT2D eigenvalue weighted by Gasteiger charge is -2.28. The van der Waals surface area contributed by atoms with E-state index < -0.39 is 0 Å². The summed E-state index contributed by atoms with van der Waals surface area (Å²) in [6.45, 7) is 3.06. The molecular formula is C23H27N3O3S. The standard InChI is InChI=1S/C23H27N3O3S/c1-28-18-10-8-17(9-11-18)20(26-12-4-5-13-26)14-24-22(27)15-29-16-23-25-19-6-2-3-7-21(19)30-23/h2-3,6-11,20H,4-5,12-16H2,1H3,(H,24,27). The van der Waals surface area contributed by atoms with Crippen LogP contribution in [0.3, 0.4) is 0 Å². The molecule has 158 valence electrons. The molecule has 6 nitrogen and oxygen atoms in total. The first-order valence-electron chi connectivity index (χ1n) is 10.3. The predicted octanol–water partition coefficient (Wildman–Crippen LogP) is 3.77. The summed E-state index contributed by atoms with van der Waals surface area (Å²) in [5, 5.41) is 3.93. The molecule has 7 heteroatoms. The number of benzene rings is 2. The number of amides is 1. The summed E-state index contributed by atoms with van der Waals surface area (Å²) in [4.78, 5) is 19.3. The maximum absolute atomic E-state index is 12.4. The van der Waals surface area contributed by atoms with Gasteiger partial charge in [0.25, 0.3) is 0 Å². The van der Waals surface area contributed by atoms with Crippen molar-refractivity contribution in [3.8, 4) is 5.75 Å². The van der Waals surface area contributed by atoms with E-state index in [1.807, 2.05) is 36.4 Å². The van der Waals surface area contributed by atoms with Crippen molar-refractivity contribution in [3.05, 3.63) is 59.1 Å². The lowest BCUT2D eigenvalue weighted by Crippen LogP contribution is -2.38. The van der Waals surface area contributed by atoms with E-state index >= 15 is 0 Å². The van der Waals surface area contributed by atoms with Crippen LogP contribution in [0.4, 0.5) is 0 Å². The Morgan fingerprint density at radius 3 is 2.67 bits per heavy atom. The molecule has 1 amide bonds. The number of likely N-dealkylation sites (tertiary alicyclic amines) is 1. The zero-order chi connectivity index (χ0) is 20.8. The van der Waals surface area contributed by atoms with Crippen LogP contribution >= 0.6 is 11.3 Å². The molecule has 1 saturated heterocycles. The van der Waals surface area contributed by atoms with Crippen LogP contribution in [0.1, 0.15) is 29.5 Å². The number of hydrogen-bond acceptors (Lipinski definition) is 6. The number of rotatable bonds is 9. The van der Waals surface area contributed by atoms with Gasteiger partial charge in [-0.3, -0.25) is 9.69 Å². The number of hydrogen-bond donors (Lipinski definition) is 1.